The Morgan fingerprint density at radius 2 is 0.911 bits per heavy atom. The lowest BCUT2D eigenvalue weighted by molar-refractivity contribution is -0.870. The molecule has 7 heteroatoms. The van der Waals surface area contributed by atoms with E-state index in [1.54, 1.807) is 0 Å². The molecular formula is C38H74NO6+. The third kappa shape index (κ3) is 30.8. The van der Waals surface area contributed by atoms with Crippen LogP contribution in [-0.4, -0.2) is 69.4 Å². The lowest BCUT2D eigenvalue weighted by atomic mass is 9.97. The van der Waals surface area contributed by atoms with Gasteiger partial charge in [0.15, 0.2) is 0 Å². The average Bonchev–Trinajstić information content (AvgIpc) is 2.93. The van der Waals surface area contributed by atoms with Crippen LogP contribution < -0.4 is 0 Å². The molecule has 0 radical (unpaired) electrons. The summed E-state index contributed by atoms with van der Waals surface area (Å²) < 4.78 is 17.7. The quantitative estimate of drug-likeness (QED) is 0.0351. The number of nitrogens with zero attached hydrogens (tertiary/aromatic N) is 1. The Morgan fingerprint density at radius 1 is 0.489 bits per heavy atom. The van der Waals surface area contributed by atoms with Crippen LogP contribution in [0.3, 0.4) is 0 Å². The lowest BCUT2D eigenvalue weighted by Gasteiger charge is -2.24. The molecule has 0 aliphatic rings. The van der Waals surface area contributed by atoms with E-state index in [4.69, 9.17) is 14.2 Å². The number of ether oxygens (including phenoxy) is 3. The highest BCUT2D eigenvalue weighted by molar-refractivity contribution is 5.70. The van der Waals surface area contributed by atoms with E-state index in [0.717, 1.165) is 81.7 Å². The number of quaternary nitrogens is 1. The Morgan fingerprint density at radius 3 is 1.31 bits per heavy atom. The Labute approximate surface area is 278 Å². The molecule has 0 aliphatic carbocycles. The number of unbranched alkanes of at least 4 members (excludes halogenated alkanes) is 4. The van der Waals surface area contributed by atoms with Crippen LogP contribution in [0.25, 0.3) is 0 Å². The van der Waals surface area contributed by atoms with Crippen LogP contribution in [0.5, 0.6) is 0 Å². The van der Waals surface area contributed by atoms with E-state index in [1.165, 1.54) is 25.7 Å². The van der Waals surface area contributed by atoms with E-state index in [9.17, 15) is 14.4 Å². The minimum absolute atomic E-state index is 0.106. The summed E-state index contributed by atoms with van der Waals surface area (Å²) in [6, 6.07) is 0. The van der Waals surface area contributed by atoms with Gasteiger partial charge in [0.05, 0.1) is 47.3 Å². The van der Waals surface area contributed by atoms with Gasteiger partial charge in [0.2, 0.25) is 0 Å². The highest BCUT2D eigenvalue weighted by Gasteiger charge is 2.17. The maximum Gasteiger partial charge on any atom is 0.306 e. The molecule has 0 aromatic rings. The second-order valence-electron chi connectivity index (χ2n) is 15.6. The molecule has 0 amide bonds. The number of carbonyl (C=O) groups is 3. The molecule has 0 bridgehead atoms. The van der Waals surface area contributed by atoms with Crippen LogP contribution in [0.4, 0.5) is 0 Å². The molecule has 2 atom stereocenters. The van der Waals surface area contributed by atoms with Crippen molar-refractivity contribution in [3.05, 3.63) is 0 Å². The standard InChI is InChI=1S/C38H74NO6/c1-31(2)22-24-33(5)26-29-43-36(40)19-14-10-12-17-35(45-38(42)21-16-28-39(7,8)9)18-13-11-15-20-37(41)44-30-27-34(6)25-23-32(3)4/h31-35H,10-30H2,1-9H3/q+1. The van der Waals surface area contributed by atoms with E-state index < -0.39 is 0 Å². The third-order valence-corrected chi connectivity index (χ3v) is 8.54. The first-order chi connectivity index (χ1) is 21.2. The van der Waals surface area contributed by atoms with Crippen molar-refractivity contribution < 1.29 is 33.1 Å². The molecule has 0 aromatic carbocycles. The van der Waals surface area contributed by atoms with Gasteiger partial charge in [0.25, 0.3) is 0 Å². The minimum Gasteiger partial charge on any atom is -0.466 e. The number of carbonyl (C=O) groups excluding carboxylic acids is 3. The average molecular weight is 641 g/mol. The summed E-state index contributed by atoms with van der Waals surface area (Å²) in [5.74, 6) is 2.26. The molecule has 0 fully saturated rings. The number of hydrogen-bond acceptors (Lipinski definition) is 6. The van der Waals surface area contributed by atoms with Crippen LogP contribution in [0.15, 0.2) is 0 Å². The van der Waals surface area contributed by atoms with Gasteiger partial charge in [-0.25, -0.2) is 0 Å². The fraction of sp³-hybridized carbons (Fsp3) is 0.921. The maximum absolute atomic E-state index is 12.6. The van der Waals surface area contributed by atoms with Gasteiger partial charge in [-0.1, -0.05) is 80.1 Å². The molecule has 2 unspecified atom stereocenters. The Hall–Kier alpha value is -1.63. The molecule has 0 aliphatic heterocycles. The van der Waals surface area contributed by atoms with E-state index in [0.29, 0.717) is 56.1 Å². The molecule has 0 rings (SSSR count). The SMILES string of the molecule is CC(C)CCC(C)CCOC(=O)CCCCCC(CCCCCC(=O)OCCC(C)CCC(C)C)OC(=O)CCC[N+](C)(C)C. The Kier molecular flexibility index (Phi) is 25.5. The summed E-state index contributed by atoms with van der Waals surface area (Å²) in [4.78, 5) is 36.9. The highest BCUT2D eigenvalue weighted by atomic mass is 16.5. The van der Waals surface area contributed by atoms with Gasteiger partial charge in [-0.3, -0.25) is 14.4 Å². The molecular weight excluding hydrogens is 566 g/mol. The number of rotatable bonds is 29. The van der Waals surface area contributed by atoms with Crippen molar-refractivity contribution in [1.29, 1.82) is 0 Å². The maximum atomic E-state index is 12.6. The predicted molar refractivity (Wildman–Crippen MR) is 186 cm³/mol. The summed E-state index contributed by atoms with van der Waals surface area (Å²) in [5.41, 5.74) is 0. The van der Waals surface area contributed by atoms with Crippen molar-refractivity contribution >= 4 is 17.9 Å². The van der Waals surface area contributed by atoms with Crippen molar-refractivity contribution in [2.24, 2.45) is 23.7 Å². The van der Waals surface area contributed by atoms with Gasteiger partial charge in [-0.05, 0) is 75.0 Å². The van der Waals surface area contributed by atoms with Crippen LogP contribution >= 0.6 is 0 Å². The normalized spacial score (nSPS) is 13.9. The second kappa shape index (κ2) is 26.4. The topological polar surface area (TPSA) is 78.9 Å². The first-order valence-corrected chi connectivity index (χ1v) is 18.5. The zero-order chi connectivity index (χ0) is 34.1. The molecule has 0 aromatic heterocycles. The first-order valence-electron chi connectivity index (χ1n) is 18.5. The van der Waals surface area contributed by atoms with Crippen molar-refractivity contribution in [3.8, 4) is 0 Å². The molecule has 0 saturated heterocycles. The van der Waals surface area contributed by atoms with E-state index in [2.05, 4.69) is 62.7 Å². The van der Waals surface area contributed by atoms with Crippen LogP contribution in [-0.2, 0) is 28.6 Å². The minimum atomic E-state index is -0.120. The molecule has 45 heavy (non-hydrogen) atoms. The van der Waals surface area contributed by atoms with Crippen LogP contribution in [0, 0.1) is 23.7 Å². The van der Waals surface area contributed by atoms with Gasteiger partial charge < -0.3 is 18.7 Å². The van der Waals surface area contributed by atoms with Crippen molar-refractivity contribution in [2.75, 3.05) is 40.9 Å². The molecule has 0 heterocycles. The molecule has 0 saturated carbocycles. The summed E-state index contributed by atoms with van der Waals surface area (Å²) in [6.07, 6.45) is 15.6. The Balaban J connectivity index is 4.36. The fourth-order valence-electron chi connectivity index (χ4n) is 5.26. The third-order valence-electron chi connectivity index (χ3n) is 8.54. The molecule has 0 N–H and O–H groups in total. The summed E-state index contributed by atoms with van der Waals surface area (Å²) >= 11 is 0. The Bertz CT molecular complexity index is 714. The second-order valence-corrected chi connectivity index (χ2v) is 15.6. The molecule has 0 spiro atoms. The van der Waals surface area contributed by atoms with Crippen LogP contribution in [0.2, 0.25) is 0 Å². The number of hydrogen-bond donors (Lipinski definition) is 0. The smallest absolute Gasteiger partial charge is 0.306 e. The van der Waals surface area contributed by atoms with E-state index >= 15 is 0 Å². The van der Waals surface area contributed by atoms with Crippen molar-refractivity contribution in [2.45, 2.75) is 163 Å². The summed E-state index contributed by atoms with van der Waals surface area (Å²) in [6.45, 7) is 15.4. The summed E-state index contributed by atoms with van der Waals surface area (Å²) in [5, 5.41) is 0. The van der Waals surface area contributed by atoms with Crippen molar-refractivity contribution in [1.82, 2.24) is 0 Å². The monoisotopic (exact) mass is 641 g/mol. The summed E-state index contributed by atoms with van der Waals surface area (Å²) in [7, 11) is 6.38. The fourth-order valence-corrected chi connectivity index (χ4v) is 5.26. The van der Waals surface area contributed by atoms with Gasteiger partial charge >= 0.3 is 17.9 Å². The van der Waals surface area contributed by atoms with Crippen molar-refractivity contribution in [3.63, 3.8) is 0 Å². The van der Waals surface area contributed by atoms with Gasteiger partial charge in [0.1, 0.15) is 6.10 Å². The zero-order valence-electron chi connectivity index (χ0n) is 31.1. The molecule has 7 nitrogen and oxygen atoms in total. The van der Waals surface area contributed by atoms with E-state index in [-0.39, 0.29) is 24.0 Å². The lowest BCUT2D eigenvalue weighted by Crippen LogP contribution is -2.35. The molecule has 266 valence electrons. The zero-order valence-corrected chi connectivity index (χ0v) is 31.1. The van der Waals surface area contributed by atoms with Gasteiger partial charge in [-0.2, -0.15) is 0 Å². The van der Waals surface area contributed by atoms with Crippen LogP contribution in [0.1, 0.15) is 157 Å². The largest absolute Gasteiger partial charge is 0.466 e. The number of esters is 3. The first kappa shape index (κ1) is 43.4. The highest BCUT2D eigenvalue weighted by Crippen LogP contribution is 2.19. The van der Waals surface area contributed by atoms with E-state index in [1.807, 2.05) is 0 Å². The predicted octanol–water partition coefficient (Wildman–Crippen LogP) is 9.30. The van der Waals surface area contributed by atoms with Gasteiger partial charge in [-0.15, -0.1) is 0 Å². The van der Waals surface area contributed by atoms with Gasteiger partial charge in [0, 0.05) is 19.3 Å².